The summed E-state index contributed by atoms with van der Waals surface area (Å²) in [5.74, 6) is 0.672. The van der Waals surface area contributed by atoms with Gasteiger partial charge in [0.05, 0.1) is 12.2 Å². The molecule has 2 rings (SSSR count). The van der Waals surface area contributed by atoms with Gasteiger partial charge in [-0.1, -0.05) is 0 Å². The Morgan fingerprint density at radius 2 is 2.03 bits per heavy atom. The van der Waals surface area contributed by atoms with Crippen molar-refractivity contribution < 1.29 is 8.42 Å². The van der Waals surface area contributed by atoms with Crippen molar-refractivity contribution >= 4 is 27.3 Å². The third-order valence-electron chi connectivity index (χ3n) is 4.55. The number of aryl methyl sites for hydroxylation is 3. The molecule has 2 aromatic heterocycles. The standard InChI is InChI=1S/C19H32N6O2S2/c1-7-20-19(23-13(2)12-17-15(4)24-25(6)16(17)5)21-10-11-22-29(26,27)18-9-8-14(3)28-18/h8-9,13,22H,7,10-12H2,1-6H3,(H2,20,21,23). The molecular formula is C19H32N6O2S2. The summed E-state index contributed by atoms with van der Waals surface area (Å²) in [5, 5.41) is 11.1. The normalized spacial score (nSPS) is 13.5. The van der Waals surface area contributed by atoms with E-state index in [0.717, 1.165) is 29.2 Å². The number of nitrogens with zero attached hydrogens (tertiary/aromatic N) is 3. The van der Waals surface area contributed by atoms with Crippen molar-refractivity contribution in [2.24, 2.45) is 12.0 Å². The zero-order chi connectivity index (χ0) is 21.6. The second kappa shape index (κ2) is 10.2. The highest BCUT2D eigenvalue weighted by Gasteiger charge is 2.16. The molecule has 0 amide bonds. The maximum absolute atomic E-state index is 12.3. The van der Waals surface area contributed by atoms with Gasteiger partial charge in [0.2, 0.25) is 10.0 Å². The van der Waals surface area contributed by atoms with E-state index in [9.17, 15) is 8.42 Å². The summed E-state index contributed by atoms with van der Waals surface area (Å²) in [4.78, 5) is 5.46. The third kappa shape index (κ3) is 6.55. The SMILES string of the molecule is CCNC(=NCCNS(=O)(=O)c1ccc(C)s1)NC(C)Cc1c(C)nn(C)c1C. The number of thiophene rings is 1. The number of nitrogens with one attached hydrogen (secondary N) is 3. The summed E-state index contributed by atoms with van der Waals surface area (Å²) < 4.78 is 29.4. The maximum Gasteiger partial charge on any atom is 0.250 e. The fourth-order valence-electron chi connectivity index (χ4n) is 3.00. The first kappa shape index (κ1) is 23.4. The molecule has 0 aromatic carbocycles. The molecule has 1 unspecified atom stereocenters. The summed E-state index contributed by atoms with van der Waals surface area (Å²) in [7, 11) is -1.52. The van der Waals surface area contributed by atoms with Crippen molar-refractivity contribution in [3.8, 4) is 0 Å². The predicted molar refractivity (Wildman–Crippen MR) is 119 cm³/mol. The molecular weight excluding hydrogens is 408 g/mol. The molecule has 0 fully saturated rings. The molecule has 0 spiro atoms. The van der Waals surface area contributed by atoms with E-state index in [1.165, 1.54) is 16.9 Å². The molecule has 1 atom stereocenters. The largest absolute Gasteiger partial charge is 0.357 e. The minimum atomic E-state index is -3.47. The molecule has 0 aliphatic carbocycles. The molecule has 10 heteroatoms. The summed E-state index contributed by atoms with van der Waals surface area (Å²) >= 11 is 1.26. The Hall–Kier alpha value is -1.91. The van der Waals surface area contributed by atoms with Crippen LogP contribution in [-0.4, -0.2) is 49.8 Å². The molecule has 0 bridgehead atoms. The van der Waals surface area contributed by atoms with Crippen LogP contribution in [0.5, 0.6) is 0 Å². The van der Waals surface area contributed by atoms with Crippen molar-refractivity contribution in [2.45, 2.75) is 51.3 Å². The number of sulfonamides is 1. The van der Waals surface area contributed by atoms with E-state index in [2.05, 4.69) is 39.3 Å². The smallest absolute Gasteiger partial charge is 0.250 e. The van der Waals surface area contributed by atoms with Crippen molar-refractivity contribution in [1.82, 2.24) is 25.1 Å². The Labute approximate surface area is 177 Å². The van der Waals surface area contributed by atoms with E-state index in [0.29, 0.717) is 16.7 Å². The van der Waals surface area contributed by atoms with E-state index in [-0.39, 0.29) is 12.6 Å². The Kier molecular flexibility index (Phi) is 8.23. The van der Waals surface area contributed by atoms with Crippen molar-refractivity contribution in [1.29, 1.82) is 0 Å². The van der Waals surface area contributed by atoms with Crippen LogP contribution in [-0.2, 0) is 23.5 Å². The second-order valence-corrected chi connectivity index (χ2v) is 10.3. The fourth-order valence-corrected chi connectivity index (χ4v) is 5.35. The van der Waals surface area contributed by atoms with E-state index < -0.39 is 10.0 Å². The number of hydrogen-bond donors (Lipinski definition) is 3. The second-order valence-electron chi connectivity index (χ2n) is 7.05. The van der Waals surface area contributed by atoms with Crippen LogP contribution in [0, 0.1) is 20.8 Å². The predicted octanol–water partition coefficient (Wildman–Crippen LogP) is 1.87. The topological polar surface area (TPSA) is 100 Å². The van der Waals surface area contributed by atoms with E-state index in [1.807, 2.05) is 32.5 Å². The number of aromatic nitrogens is 2. The van der Waals surface area contributed by atoms with Crippen LogP contribution in [0.15, 0.2) is 21.3 Å². The van der Waals surface area contributed by atoms with E-state index in [1.54, 1.807) is 12.1 Å². The van der Waals surface area contributed by atoms with Crippen molar-refractivity contribution in [3.05, 3.63) is 34.0 Å². The Morgan fingerprint density at radius 3 is 2.59 bits per heavy atom. The summed E-state index contributed by atoms with van der Waals surface area (Å²) in [5.41, 5.74) is 3.44. The average molecular weight is 441 g/mol. The molecule has 162 valence electrons. The van der Waals surface area contributed by atoms with Crippen molar-refractivity contribution in [3.63, 3.8) is 0 Å². The van der Waals surface area contributed by atoms with Gasteiger partial charge in [-0.15, -0.1) is 11.3 Å². The lowest BCUT2D eigenvalue weighted by atomic mass is 10.1. The quantitative estimate of drug-likeness (QED) is 0.314. The Morgan fingerprint density at radius 1 is 1.31 bits per heavy atom. The zero-order valence-corrected chi connectivity index (χ0v) is 19.7. The van der Waals surface area contributed by atoms with Crippen LogP contribution in [0.2, 0.25) is 0 Å². The zero-order valence-electron chi connectivity index (χ0n) is 18.0. The van der Waals surface area contributed by atoms with Gasteiger partial charge in [0.1, 0.15) is 4.21 Å². The average Bonchev–Trinajstić information content (AvgIpc) is 3.18. The summed E-state index contributed by atoms with van der Waals surface area (Å²) in [6.45, 7) is 11.4. The lowest BCUT2D eigenvalue weighted by Crippen LogP contribution is -2.43. The molecule has 0 aliphatic heterocycles. The maximum atomic E-state index is 12.3. The van der Waals surface area contributed by atoms with Crippen molar-refractivity contribution in [2.75, 3.05) is 19.6 Å². The lowest BCUT2D eigenvalue weighted by Gasteiger charge is -2.18. The summed E-state index contributed by atoms with van der Waals surface area (Å²) in [6, 6.07) is 3.58. The highest BCUT2D eigenvalue weighted by atomic mass is 32.2. The van der Waals surface area contributed by atoms with Gasteiger partial charge < -0.3 is 10.6 Å². The van der Waals surface area contributed by atoms with Crippen LogP contribution in [0.1, 0.15) is 35.7 Å². The highest BCUT2D eigenvalue weighted by molar-refractivity contribution is 7.91. The number of guanidine groups is 1. The minimum Gasteiger partial charge on any atom is -0.357 e. The fraction of sp³-hybridized carbons (Fsp3) is 0.579. The molecule has 0 saturated carbocycles. The van der Waals surface area contributed by atoms with Gasteiger partial charge in [0.15, 0.2) is 5.96 Å². The van der Waals surface area contributed by atoms with Crippen LogP contribution < -0.4 is 15.4 Å². The molecule has 3 N–H and O–H groups in total. The monoisotopic (exact) mass is 440 g/mol. The molecule has 0 aliphatic rings. The van der Waals surface area contributed by atoms with Gasteiger partial charge in [-0.3, -0.25) is 9.67 Å². The molecule has 2 heterocycles. The molecule has 0 saturated heterocycles. The van der Waals surface area contributed by atoms with Gasteiger partial charge >= 0.3 is 0 Å². The molecule has 2 aromatic rings. The van der Waals surface area contributed by atoms with Crippen LogP contribution >= 0.6 is 11.3 Å². The molecule has 8 nitrogen and oxygen atoms in total. The molecule has 29 heavy (non-hydrogen) atoms. The number of aliphatic imine (C=N–C) groups is 1. The Balaban J connectivity index is 1.91. The van der Waals surface area contributed by atoms with Gasteiger partial charge in [-0.05, 0) is 58.7 Å². The van der Waals surface area contributed by atoms with Crippen LogP contribution in [0.25, 0.3) is 0 Å². The Bertz CT molecular complexity index is 946. The van der Waals surface area contributed by atoms with E-state index in [4.69, 9.17) is 0 Å². The number of hydrogen-bond acceptors (Lipinski definition) is 5. The van der Waals surface area contributed by atoms with Gasteiger partial charge in [0, 0.05) is 36.8 Å². The van der Waals surface area contributed by atoms with Crippen LogP contribution in [0.4, 0.5) is 0 Å². The first-order valence-electron chi connectivity index (χ1n) is 9.74. The van der Waals surface area contributed by atoms with Gasteiger partial charge in [0.25, 0.3) is 0 Å². The van der Waals surface area contributed by atoms with Crippen LogP contribution in [0.3, 0.4) is 0 Å². The lowest BCUT2D eigenvalue weighted by molar-refractivity contribution is 0.584. The van der Waals surface area contributed by atoms with E-state index >= 15 is 0 Å². The van der Waals surface area contributed by atoms with Gasteiger partial charge in [-0.25, -0.2) is 13.1 Å². The minimum absolute atomic E-state index is 0.153. The first-order valence-corrected chi connectivity index (χ1v) is 12.0. The third-order valence-corrected chi connectivity index (χ3v) is 7.50. The molecule has 0 radical (unpaired) electrons. The van der Waals surface area contributed by atoms with Gasteiger partial charge in [-0.2, -0.15) is 5.10 Å². The highest BCUT2D eigenvalue weighted by Crippen LogP contribution is 2.20. The first-order chi connectivity index (χ1) is 13.6. The summed E-state index contributed by atoms with van der Waals surface area (Å²) in [6.07, 6.45) is 0.834. The number of rotatable bonds is 9.